The summed E-state index contributed by atoms with van der Waals surface area (Å²) in [5.41, 5.74) is 3.50. The van der Waals surface area contributed by atoms with Crippen LogP contribution in [0.1, 0.15) is 6.42 Å². The largest absolute Gasteiger partial charge is 0.495 e. The lowest BCUT2D eigenvalue weighted by molar-refractivity contribution is 0.197. The Kier molecular flexibility index (Phi) is 6.70. The first-order valence-corrected chi connectivity index (χ1v) is 6.11. The average Bonchev–Trinajstić information content (AvgIpc) is 2.46. The first-order chi connectivity index (χ1) is 9.24. The molecule has 0 unspecified atom stereocenters. The molecule has 0 saturated carbocycles. The van der Waals surface area contributed by atoms with Crippen molar-refractivity contribution in [2.45, 2.75) is 6.42 Å². The van der Waals surface area contributed by atoms with Crippen LogP contribution >= 0.6 is 0 Å². The van der Waals surface area contributed by atoms with Crippen LogP contribution in [0.4, 0.5) is 5.69 Å². The molecule has 0 radical (unpaired) electrons. The molecule has 1 rings (SSSR count). The van der Waals surface area contributed by atoms with Crippen molar-refractivity contribution in [1.82, 2.24) is 5.43 Å². The number of aliphatic imine (C=N–C) groups is 1. The summed E-state index contributed by atoms with van der Waals surface area (Å²) in [6.45, 7) is 1.33. The van der Waals surface area contributed by atoms with E-state index >= 15 is 0 Å². The van der Waals surface area contributed by atoms with Gasteiger partial charge in [-0.3, -0.25) is 10.4 Å². The van der Waals surface area contributed by atoms with Crippen LogP contribution in [-0.2, 0) is 4.74 Å². The molecule has 0 aliphatic heterocycles. The number of nitrogens with one attached hydrogen (secondary N) is 1. The van der Waals surface area contributed by atoms with Crippen LogP contribution in [0.5, 0.6) is 5.75 Å². The summed E-state index contributed by atoms with van der Waals surface area (Å²) in [5, 5.41) is 0. The maximum atomic E-state index is 5.52. The van der Waals surface area contributed by atoms with Crippen molar-refractivity contribution >= 4 is 11.6 Å². The Morgan fingerprint density at radius 3 is 2.74 bits per heavy atom. The number of ether oxygens (including phenoxy) is 2. The third-order valence-corrected chi connectivity index (χ3v) is 2.66. The van der Waals surface area contributed by atoms with Crippen molar-refractivity contribution < 1.29 is 9.47 Å². The predicted molar refractivity (Wildman–Crippen MR) is 77.5 cm³/mol. The van der Waals surface area contributed by atoms with Crippen LogP contribution in [0, 0.1) is 0 Å². The molecule has 1 aromatic rings. The number of guanidine groups is 1. The summed E-state index contributed by atoms with van der Waals surface area (Å²) in [4.78, 5) is 6.26. The lowest BCUT2D eigenvalue weighted by atomic mass is 10.3. The Hall–Kier alpha value is -1.79. The predicted octanol–water partition coefficient (Wildman–Crippen LogP) is 0.987. The van der Waals surface area contributed by atoms with Crippen LogP contribution in [0.25, 0.3) is 0 Å². The Bertz CT molecular complexity index is 409. The highest BCUT2D eigenvalue weighted by Crippen LogP contribution is 2.26. The third kappa shape index (κ3) is 4.42. The van der Waals surface area contributed by atoms with Gasteiger partial charge in [0.25, 0.3) is 0 Å². The van der Waals surface area contributed by atoms with Gasteiger partial charge in [0.2, 0.25) is 5.96 Å². The molecule has 106 valence electrons. The van der Waals surface area contributed by atoms with Crippen molar-refractivity contribution in [3.63, 3.8) is 0 Å². The van der Waals surface area contributed by atoms with E-state index in [1.807, 2.05) is 36.2 Å². The zero-order valence-corrected chi connectivity index (χ0v) is 11.7. The van der Waals surface area contributed by atoms with Crippen molar-refractivity contribution in [2.24, 2.45) is 10.8 Å². The minimum atomic E-state index is 0.584. The number of para-hydroxylation sites is 2. The van der Waals surface area contributed by atoms with Crippen LogP contribution < -0.4 is 20.9 Å². The van der Waals surface area contributed by atoms with E-state index in [0.717, 1.165) is 17.9 Å². The van der Waals surface area contributed by atoms with Gasteiger partial charge in [-0.1, -0.05) is 12.1 Å². The molecule has 0 spiro atoms. The standard InChI is InChI=1S/C13H22N4O2/c1-17(11-7-4-5-8-12(11)19-3)13(16-14)15-9-6-10-18-2/h4-5,7-8H,6,9-10,14H2,1-3H3,(H,15,16). The highest BCUT2D eigenvalue weighted by molar-refractivity contribution is 5.96. The zero-order valence-electron chi connectivity index (χ0n) is 11.7. The molecule has 19 heavy (non-hydrogen) atoms. The van der Waals surface area contributed by atoms with Crippen LogP contribution in [0.15, 0.2) is 29.3 Å². The van der Waals surface area contributed by atoms with Gasteiger partial charge in [-0.25, -0.2) is 5.84 Å². The number of rotatable bonds is 6. The van der Waals surface area contributed by atoms with Crippen LogP contribution in [-0.4, -0.2) is 40.4 Å². The molecule has 0 aliphatic carbocycles. The number of benzene rings is 1. The van der Waals surface area contributed by atoms with Gasteiger partial charge in [0.05, 0.1) is 12.8 Å². The monoisotopic (exact) mass is 266 g/mol. The fraction of sp³-hybridized carbons (Fsp3) is 0.462. The van der Waals surface area contributed by atoms with Crippen molar-refractivity contribution in [1.29, 1.82) is 0 Å². The van der Waals surface area contributed by atoms with Gasteiger partial charge in [0.1, 0.15) is 5.75 Å². The second-order valence-corrected chi connectivity index (χ2v) is 3.93. The summed E-state index contributed by atoms with van der Waals surface area (Å²) < 4.78 is 10.3. The van der Waals surface area contributed by atoms with Crippen LogP contribution in [0.3, 0.4) is 0 Å². The summed E-state index contributed by atoms with van der Waals surface area (Å²) in [5.74, 6) is 6.88. The number of anilines is 1. The van der Waals surface area contributed by atoms with E-state index in [2.05, 4.69) is 10.4 Å². The van der Waals surface area contributed by atoms with E-state index in [9.17, 15) is 0 Å². The molecule has 0 fully saturated rings. The molecule has 6 nitrogen and oxygen atoms in total. The summed E-state index contributed by atoms with van der Waals surface area (Å²) >= 11 is 0. The molecule has 0 bridgehead atoms. The Morgan fingerprint density at radius 1 is 1.37 bits per heavy atom. The lowest BCUT2D eigenvalue weighted by Gasteiger charge is -2.22. The van der Waals surface area contributed by atoms with Crippen molar-refractivity contribution in [3.05, 3.63) is 24.3 Å². The van der Waals surface area contributed by atoms with E-state index in [1.165, 1.54) is 0 Å². The van der Waals surface area contributed by atoms with Crippen LogP contribution in [0.2, 0.25) is 0 Å². The van der Waals surface area contributed by atoms with Gasteiger partial charge in [-0.05, 0) is 18.6 Å². The first kappa shape index (κ1) is 15.3. The molecule has 0 atom stereocenters. The number of methoxy groups -OCH3 is 2. The highest BCUT2D eigenvalue weighted by Gasteiger charge is 2.11. The third-order valence-electron chi connectivity index (χ3n) is 2.66. The Morgan fingerprint density at radius 2 is 2.11 bits per heavy atom. The lowest BCUT2D eigenvalue weighted by Crippen LogP contribution is -2.43. The summed E-state index contributed by atoms with van der Waals surface area (Å²) in [7, 11) is 5.19. The van der Waals surface area contributed by atoms with Gasteiger partial charge in [-0.2, -0.15) is 0 Å². The van der Waals surface area contributed by atoms with E-state index in [4.69, 9.17) is 15.3 Å². The maximum absolute atomic E-state index is 5.52. The molecule has 0 saturated heterocycles. The molecule has 0 aliphatic rings. The number of hydrogen-bond acceptors (Lipinski definition) is 4. The number of nitrogens with zero attached hydrogens (tertiary/aromatic N) is 2. The second kappa shape index (κ2) is 8.34. The van der Waals surface area contributed by atoms with E-state index < -0.39 is 0 Å². The summed E-state index contributed by atoms with van der Waals surface area (Å²) in [6.07, 6.45) is 0.849. The second-order valence-electron chi connectivity index (χ2n) is 3.93. The molecule has 3 N–H and O–H groups in total. The SMILES string of the molecule is COCCCN=C(NN)N(C)c1ccccc1OC. The minimum Gasteiger partial charge on any atom is -0.495 e. The minimum absolute atomic E-state index is 0.584. The zero-order chi connectivity index (χ0) is 14.1. The van der Waals surface area contributed by atoms with Crippen molar-refractivity contribution in [3.8, 4) is 5.75 Å². The highest BCUT2D eigenvalue weighted by atomic mass is 16.5. The van der Waals surface area contributed by atoms with Gasteiger partial charge < -0.3 is 14.4 Å². The molecular weight excluding hydrogens is 244 g/mol. The van der Waals surface area contributed by atoms with Gasteiger partial charge in [0, 0.05) is 27.3 Å². The van der Waals surface area contributed by atoms with E-state index in [1.54, 1.807) is 14.2 Å². The smallest absolute Gasteiger partial charge is 0.212 e. The average molecular weight is 266 g/mol. The molecule has 0 heterocycles. The first-order valence-electron chi connectivity index (χ1n) is 6.11. The molecule has 0 amide bonds. The quantitative estimate of drug-likeness (QED) is 0.264. The number of hydrogen-bond donors (Lipinski definition) is 2. The van der Waals surface area contributed by atoms with E-state index in [-0.39, 0.29) is 0 Å². The van der Waals surface area contributed by atoms with Gasteiger partial charge in [-0.15, -0.1) is 0 Å². The Balaban J connectivity index is 2.79. The number of nitrogens with two attached hydrogens (primary N) is 1. The maximum Gasteiger partial charge on any atom is 0.212 e. The van der Waals surface area contributed by atoms with Gasteiger partial charge >= 0.3 is 0 Å². The van der Waals surface area contributed by atoms with Crippen molar-refractivity contribution in [2.75, 3.05) is 39.3 Å². The number of hydrazine groups is 1. The van der Waals surface area contributed by atoms with E-state index in [0.29, 0.717) is 19.1 Å². The molecule has 6 heteroatoms. The molecule has 1 aromatic carbocycles. The normalized spacial score (nSPS) is 11.3. The topological polar surface area (TPSA) is 72.1 Å². The Labute approximate surface area is 114 Å². The summed E-state index contributed by atoms with van der Waals surface area (Å²) in [6, 6.07) is 7.70. The van der Waals surface area contributed by atoms with Gasteiger partial charge in [0.15, 0.2) is 0 Å². The molecular formula is C13H22N4O2. The fourth-order valence-electron chi connectivity index (χ4n) is 1.66. The fourth-order valence-corrected chi connectivity index (χ4v) is 1.66. The molecule has 0 aromatic heterocycles.